The van der Waals surface area contributed by atoms with Gasteiger partial charge in [-0.05, 0) is 59.9 Å². The molecule has 134 valence electrons. The van der Waals surface area contributed by atoms with Gasteiger partial charge in [0.1, 0.15) is 0 Å². The molecule has 4 heteroatoms. The highest BCUT2D eigenvalue weighted by Gasteiger charge is 2.19. The van der Waals surface area contributed by atoms with E-state index in [4.69, 9.17) is 0 Å². The molecule has 1 fully saturated rings. The van der Waals surface area contributed by atoms with E-state index in [1.54, 1.807) is 6.07 Å². The lowest BCUT2D eigenvalue weighted by Gasteiger charge is -2.26. The zero-order valence-electron chi connectivity index (χ0n) is 14.4. The first kappa shape index (κ1) is 17.8. The van der Waals surface area contributed by atoms with Gasteiger partial charge in [0.2, 0.25) is 0 Å². The molecule has 0 radical (unpaired) electrons. The van der Waals surface area contributed by atoms with Crippen LogP contribution in [0.25, 0.3) is 0 Å². The van der Waals surface area contributed by atoms with E-state index in [0.29, 0.717) is 12.3 Å². The molecule has 0 spiro atoms. The molecule has 0 N–H and O–H groups in total. The third kappa shape index (κ3) is 4.77. The van der Waals surface area contributed by atoms with Crippen molar-refractivity contribution in [3.8, 4) is 5.75 Å². The second kappa shape index (κ2) is 7.94. The molecule has 1 saturated carbocycles. The van der Waals surface area contributed by atoms with E-state index in [9.17, 15) is 13.2 Å². The first-order valence-electron chi connectivity index (χ1n) is 8.83. The van der Waals surface area contributed by atoms with Crippen LogP contribution in [0.1, 0.15) is 55.2 Å². The molecule has 0 aliphatic heterocycles. The average molecular weight is 348 g/mol. The fraction of sp³-hybridized carbons (Fsp3) is 0.429. The van der Waals surface area contributed by atoms with Crippen LogP contribution in [-0.2, 0) is 6.42 Å². The molecule has 1 aliphatic carbocycles. The Labute approximate surface area is 146 Å². The van der Waals surface area contributed by atoms with Crippen LogP contribution in [0, 0.1) is 11.7 Å². The molecule has 0 aromatic heterocycles. The Morgan fingerprint density at radius 1 is 0.960 bits per heavy atom. The molecule has 0 unspecified atom stereocenters. The first-order valence-corrected chi connectivity index (χ1v) is 8.83. The third-order valence-electron chi connectivity index (χ3n) is 5.09. The van der Waals surface area contributed by atoms with Crippen LogP contribution in [0.15, 0.2) is 42.5 Å². The van der Waals surface area contributed by atoms with Crippen molar-refractivity contribution in [2.24, 2.45) is 5.92 Å². The second-order valence-corrected chi connectivity index (χ2v) is 7.02. The summed E-state index contributed by atoms with van der Waals surface area (Å²) in [5.74, 6) is 0.308. The number of hydrogen-bond donors (Lipinski definition) is 0. The number of hydrogen-bond acceptors (Lipinski definition) is 1. The zero-order valence-corrected chi connectivity index (χ0v) is 14.4. The SMILES string of the molecule is CC1CCC(c2ccc(Cc3ccc(OC(F)F)c(F)c3)cc2)CC1. The van der Waals surface area contributed by atoms with Gasteiger partial charge >= 0.3 is 6.61 Å². The van der Waals surface area contributed by atoms with E-state index in [0.717, 1.165) is 17.0 Å². The van der Waals surface area contributed by atoms with E-state index < -0.39 is 18.2 Å². The Hall–Kier alpha value is -1.97. The molecule has 1 nitrogen and oxygen atoms in total. The molecule has 1 aliphatic rings. The number of benzene rings is 2. The van der Waals surface area contributed by atoms with Crippen molar-refractivity contribution in [3.63, 3.8) is 0 Å². The lowest BCUT2D eigenvalue weighted by atomic mass is 9.79. The van der Waals surface area contributed by atoms with Gasteiger partial charge in [0, 0.05) is 0 Å². The lowest BCUT2D eigenvalue weighted by molar-refractivity contribution is -0.0522. The topological polar surface area (TPSA) is 9.23 Å². The van der Waals surface area contributed by atoms with Crippen molar-refractivity contribution < 1.29 is 17.9 Å². The summed E-state index contributed by atoms with van der Waals surface area (Å²) in [5, 5.41) is 0. The standard InChI is InChI=1S/C21H23F3O/c1-14-2-7-17(8-3-14)18-9-4-15(5-10-18)12-16-6-11-20(19(22)13-16)25-21(23)24/h4-6,9-11,13-14,17,21H,2-3,7-8,12H2,1H3. The molecule has 0 bridgehead atoms. The van der Waals surface area contributed by atoms with Crippen molar-refractivity contribution in [1.82, 2.24) is 0 Å². The summed E-state index contributed by atoms with van der Waals surface area (Å²) in [7, 11) is 0. The monoisotopic (exact) mass is 348 g/mol. The van der Waals surface area contributed by atoms with Gasteiger partial charge in [-0.2, -0.15) is 8.78 Å². The van der Waals surface area contributed by atoms with Gasteiger partial charge in [-0.3, -0.25) is 0 Å². The van der Waals surface area contributed by atoms with E-state index in [-0.39, 0.29) is 0 Å². The number of alkyl halides is 2. The van der Waals surface area contributed by atoms with Gasteiger partial charge in [-0.25, -0.2) is 4.39 Å². The minimum Gasteiger partial charge on any atom is -0.432 e. The minimum absolute atomic E-state index is 0.416. The predicted molar refractivity (Wildman–Crippen MR) is 92.7 cm³/mol. The maximum absolute atomic E-state index is 13.8. The van der Waals surface area contributed by atoms with Gasteiger partial charge in [0.25, 0.3) is 0 Å². The number of rotatable bonds is 5. The first-order chi connectivity index (χ1) is 12.0. The quantitative estimate of drug-likeness (QED) is 0.615. The zero-order chi connectivity index (χ0) is 17.8. The largest absolute Gasteiger partial charge is 0.432 e. The third-order valence-corrected chi connectivity index (χ3v) is 5.09. The van der Waals surface area contributed by atoms with E-state index in [2.05, 4.69) is 35.9 Å². The summed E-state index contributed by atoms with van der Waals surface area (Å²) in [4.78, 5) is 0. The highest BCUT2D eigenvalue weighted by Crippen LogP contribution is 2.35. The normalized spacial score (nSPS) is 20.7. The Kier molecular flexibility index (Phi) is 5.67. The van der Waals surface area contributed by atoms with Gasteiger partial charge in [0.15, 0.2) is 11.6 Å². The summed E-state index contributed by atoms with van der Waals surface area (Å²) < 4.78 is 42.3. The Morgan fingerprint density at radius 3 is 2.20 bits per heavy atom. The van der Waals surface area contributed by atoms with Crippen LogP contribution in [0.2, 0.25) is 0 Å². The van der Waals surface area contributed by atoms with Crippen molar-refractivity contribution in [2.45, 2.75) is 51.6 Å². The highest BCUT2D eigenvalue weighted by atomic mass is 19.3. The fourth-order valence-corrected chi connectivity index (χ4v) is 3.58. The van der Waals surface area contributed by atoms with Gasteiger partial charge in [-0.15, -0.1) is 0 Å². The van der Waals surface area contributed by atoms with Crippen molar-refractivity contribution in [3.05, 3.63) is 65.0 Å². The molecule has 2 aromatic rings. The number of halogens is 3. The fourth-order valence-electron chi connectivity index (χ4n) is 3.58. The predicted octanol–water partition coefficient (Wildman–Crippen LogP) is 6.31. The van der Waals surface area contributed by atoms with Crippen LogP contribution in [0.5, 0.6) is 5.75 Å². The van der Waals surface area contributed by atoms with Crippen LogP contribution in [-0.4, -0.2) is 6.61 Å². The highest BCUT2D eigenvalue weighted by molar-refractivity contribution is 5.34. The molecular weight excluding hydrogens is 325 g/mol. The molecular formula is C21H23F3O. The maximum Gasteiger partial charge on any atom is 0.387 e. The molecule has 3 rings (SSSR count). The smallest absolute Gasteiger partial charge is 0.387 e. The summed E-state index contributed by atoms with van der Waals surface area (Å²) in [6, 6.07) is 12.6. The summed E-state index contributed by atoms with van der Waals surface area (Å²) in [6.07, 6.45) is 5.64. The average Bonchev–Trinajstić information content (AvgIpc) is 2.59. The number of ether oxygens (including phenoxy) is 1. The van der Waals surface area contributed by atoms with Crippen LogP contribution in [0.3, 0.4) is 0 Å². The van der Waals surface area contributed by atoms with Crippen LogP contribution >= 0.6 is 0 Å². The van der Waals surface area contributed by atoms with Crippen LogP contribution < -0.4 is 4.74 Å². The summed E-state index contributed by atoms with van der Waals surface area (Å²) >= 11 is 0. The Morgan fingerprint density at radius 2 is 1.60 bits per heavy atom. The van der Waals surface area contributed by atoms with Crippen molar-refractivity contribution >= 4 is 0 Å². The summed E-state index contributed by atoms with van der Waals surface area (Å²) in [5.41, 5.74) is 3.19. The molecule has 0 saturated heterocycles. The molecule has 25 heavy (non-hydrogen) atoms. The minimum atomic E-state index is -3.02. The van der Waals surface area contributed by atoms with Crippen molar-refractivity contribution in [1.29, 1.82) is 0 Å². The van der Waals surface area contributed by atoms with E-state index in [1.165, 1.54) is 43.4 Å². The Bertz CT molecular complexity index is 689. The Balaban J connectivity index is 1.64. The van der Waals surface area contributed by atoms with Crippen molar-refractivity contribution in [2.75, 3.05) is 0 Å². The lowest BCUT2D eigenvalue weighted by Crippen LogP contribution is -2.10. The van der Waals surface area contributed by atoms with Crippen LogP contribution in [0.4, 0.5) is 13.2 Å². The van der Waals surface area contributed by atoms with Gasteiger partial charge < -0.3 is 4.74 Å². The maximum atomic E-state index is 13.8. The van der Waals surface area contributed by atoms with E-state index >= 15 is 0 Å². The molecule has 2 aromatic carbocycles. The second-order valence-electron chi connectivity index (χ2n) is 7.02. The van der Waals surface area contributed by atoms with Gasteiger partial charge in [0.05, 0.1) is 0 Å². The molecule has 0 atom stereocenters. The molecule has 0 heterocycles. The van der Waals surface area contributed by atoms with Gasteiger partial charge in [-0.1, -0.05) is 50.1 Å². The summed E-state index contributed by atoms with van der Waals surface area (Å²) in [6.45, 7) is -0.702. The molecule has 0 amide bonds. The van der Waals surface area contributed by atoms with E-state index in [1.807, 2.05) is 0 Å².